The molecule has 0 bridgehead atoms. The first-order valence-corrected chi connectivity index (χ1v) is 23.1. The van der Waals surface area contributed by atoms with Crippen LogP contribution in [0.25, 0.3) is 0 Å². The number of carbonyl (C=O) groups excluding carboxylic acids is 1. The highest BCUT2D eigenvalue weighted by atomic mass is 32.2. The van der Waals surface area contributed by atoms with Crippen LogP contribution in [0, 0.1) is 11.5 Å². The van der Waals surface area contributed by atoms with Crippen LogP contribution in [-0.4, -0.2) is 83.4 Å². The first-order valence-electron chi connectivity index (χ1n) is 19.9. The molecule has 0 radical (unpaired) electrons. The van der Waals surface area contributed by atoms with Crippen LogP contribution in [0.1, 0.15) is 109 Å². The van der Waals surface area contributed by atoms with Crippen molar-refractivity contribution < 1.29 is 26.4 Å². The number of anilines is 1. The van der Waals surface area contributed by atoms with Gasteiger partial charge in [0, 0.05) is 5.69 Å². The first kappa shape index (κ1) is 40.4. The molecule has 4 N–H and O–H groups in total. The standard InChI is InChI=1S/C20H29N3O3S.C13H13NO.C7H16N2O2S/c1-23-11-4-7-16(10-12-23)27(25,26)22-20(24)21-19-17-8-2-5-14(17)13-15-6-3-9-18(15)19;14-8-15-13-11-5-1-3-9(11)7-10-4-2-6-12(10)13;1-9-5-2-3-7(4-6-9)12(8,10)11/h13,16H,2-12H2,1H3,(H2,21,22,24);7H,1-6H2;7H,2-6H2,1H3,(H2,8,10,11). The fourth-order valence-corrected chi connectivity index (χ4v) is 11.6. The molecule has 6 aliphatic rings. The summed E-state index contributed by atoms with van der Waals surface area (Å²) in [5.41, 5.74) is 11.4. The molecular formula is C40H58N6O6S2. The van der Waals surface area contributed by atoms with E-state index >= 15 is 0 Å². The summed E-state index contributed by atoms with van der Waals surface area (Å²) in [6.45, 7) is 3.46. The molecule has 2 aromatic rings. The number of rotatable bonds is 5. The monoisotopic (exact) mass is 782 g/mol. The van der Waals surface area contributed by atoms with Crippen LogP contribution in [0.2, 0.25) is 0 Å². The number of nitrogens with zero attached hydrogens (tertiary/aromatic N) is 3. The largest absolute Gasteiger partial charge is 0.387 e. The van der Waals surface area contributed by atoms with Crippen molar-refractivity contribution >= 4 is 31.8 Å². The Morgan fingerprint density at radius 3 is 1.61 bits per heavy atom. The van der Waals surface area contributed by atoms with Crippen molar-refractivity contribution in [2.24, 2.45) is 5.14 Å². The highest BCUT2D eigenvalue weighted by Crippen LogP contribution is 2.40. The second kappa shape index (κ2) is 17.7. The smallest absolute Gasteiger partial charge is 0.332 e. The molecule has 14 heteroatoms. The molecule has 0 spiro atoms. The Hall–Kier alpha value is -3.22. The van der Waals surface area contributed by atoms with Gasteiger partial charge in [-0.15, -0.1) is 5.26 Å². The number of sulfonamides is 2. The average Bonchev–Trinajstić information content (AvgIpc) is 3.92. The predicted molar refractivity (Wildman–Crippen MR) is 212 cm³/mol. The topological polar surface area (TPSA) is 175 Å². The molecule has 2 heterocycles. The third kappa shape index (κ3) is 9.77. The van der Waals surface area contributed by atoms with Gasteiger partial charge in [0.15, 0.2) is 0 Å². The summed E-state index contributed by atoms with van der Waals surface area (Å²) in [4.78, 5) is 16.9. The number of benzene rings is 2. The third-order valence-electron chi connectivity index (χ3n) is 12.2. The van der Waals surface area contributed by atoms with Crippen molar-refractivity contribution in [3.63, 3.8) is 0 Å². The number of nitriles is 1. The number of amides is 2. The number of ether oxygens (including phenoxy) is 1. The Morgan fingerprint density at radius 2 is 1.13 bits per heavy atom. The van der Waals surface area contributed by atoms with Gasteiger partial charge in [0.1, 0.15) is 5.75 Å². The molecule has 296 valence electrons. The fourth-order valence-electron chi connectivity index (χ4n) is 9.31. The van der Waals surface area contributed by atoms with Crippen molar-refractivity contribution in [1.29, 1.82) is 5.26 Å². The molecule has 2 unspecified atom stereocenters. The molecule has 2 atom stereocenters. The molecule has 2 aliphatic heterocycles. The number of hydrogen-bond acceptors (Lipinski definition) is 9. The molecular weight excluding hydrogens is 725 g/mol. The van der Waals surface area contributed by atoms with E-state index in [1.807, 2.05) is 20.4 Å². The van der Waals surface area contributed by atoms with Gasteiger partial charge in [-0.25, -0.2) is 31.5 Å². The maximum absolute atomic E-state index is 12.7. The molecule has 2 aromatic carbocycles. The minimum atomic E-state index is -3.67. The Bertz CT molecular complexity index is 1900. The van der Waals surface area contributed by atoms with Gasteiger partial charge in [-0.1, -0.05) is 12.1 Å². The highest BCUT2D eigenvalue weighted by Gasteiger charge is 2.31. The average molecular weight is 783 g/mol. The number of hydrogen-bond donors (Lipinski definition) is 3. The Balaban J connectivity index is 0.000000154. The van der Waals surface area contributed by atoms with E-state index in [4.69, 9.17) is 15.1 Å². The lowest BCUT2D eigenvalue weighted by Crippen LogP contribution is -2.41. The van der Waals surface area contributed by atoms with Crippen molar-refractivity contribution in [2.45, 2.75) is 126 Å². The van der Waals surface area contributed by atoms with Crippen molar-refractivity contribution in [3.05, 3.63) is 56.6 Å². The number of likely N-dealkylation sites (tertiary alicyclic amines) is 2. The van der Waals surface area contributed by atoms with Crippen molar-refractivity contribution in [2.75, 3.05) is 45.6 Å². The van der Waals surface area contributed by atoms with Crippen LogP contribution in [0.15, 0.2) is 12.1 Å². The van der Waals surface area contributed by atoms with Crippen LogP contribution < -0.4 is 19.9 Å². The van der Waals surface area contributed by atoms with E-state index in [0.29, 0.717) is 25.7 Å². The summed E-state index contributed by atoms with van der Waals surface area (Å²) in [6.07, 6.45) is 19.3. The van der Waals surface area contributed by atoms with E-state index in [9.17, 15) is 21.6 Å². The minimum absolute atomic E-state index is 0.317. The molecule has 2 amide bonds. The quantitative estimate of drug-likeness (QED) is 0.357. The van der Waals surface area contributed by atoms with Crippen LogP contribution in [0.5, 0.6) is 5.75 Å². The van der Waals surface area contributed by atoms with E-state index in [2.05, 4.69) is 32.0 Å². The van der Waals surface area contributed by atoms with Crippen molar-refractivity contribution in [1.82, 2.24) is 14.5 Å². The maximum Gasteiger partial charge on any atom is 0.332 e. The van der Waals surface area contributed by atoms with Gasteiger partial charge in [-0.05, 0) is 200 Å². The number of urea groups is 1. The lowest BCUT2D eigenvalue weighted by molar-refractivity contribution is 0.256. The minimum Gasteiger partial charge on any atom is -0.387 e. The van der Waals surface area contributed by atoms with Crippen molar-refractivity contribution in [3.8, 4) is 12.0 Å². The van der Waals surface area contributed by atoms with Crippen LogP contribution in [0.4, 0.5) is 10.5 Å². The van der Waals surface area contributed by atoms with Gasteiger partial charge in [-0.3, -0.25) is 0 Å². The number of nitrogens with one attached hydrogen (secondary N) is 2. The van der Waals surface area contributed by atoms with E-state index in [0.717, 1.165) is 115 Å². The fraction of sp³-hybridized carbons (Fsp3) is 0.650. The molecule has 8 rings (SSSR count). The second-order valence-electron chi connectivity index (χ2n) is 16.0. The molecule has 54 heavy (non-hydrogen) atoms. The lowest BCUT2D eigenvalue weighted by atomic mass is 9.99. The summed E-state index contributed by atoms with van der Waals surface area (Å²) in [5, 5.41) is 15.9. The Kier molecular flexibility index (Phi) is 13.3. The maximum atomic E-state index is 12.7. The lowest BCUT2D eigenvalue weighted by Gasteiger charge is -2.19. The number of fused-ring (bicyclic) bond motifs is 4. The van der Waals surface area contributed by atoms with Gasteiger partial charge >= 0.3 is 6.03 Å². The van der Waals surface area contributed by atoms with E-state index in [1.54, 1.807) is 0 Å². The zero-order valence-electron chi connectivity index (χ0n) is 32.1. The normalized spacial score (nSPS) is 22.4. The van der Waals surface area contributed by atoms with Gasteiger partial charge in [0.05, 0.1) is 10.5 Å². The SMILES string of the molecule is CN1CCCC(S(=O)(=O)NC(=O)Nc2c3c(cc4c2CCC4)CCC3)CC1.CN1CCCC(S(N)(=O)=O)CC1.N#COc1c2c(cc3c1CCC3)CCC2. The highest BCUT2D eigenvalue weighted by molar-refractivity contribution is 7.90. The molecule has 0 aromatic heterocycles. The summed E-state index contributed by atoms with van der Waals surface area (Å²) >= 11 is 0. The Morgan fingerprint density at radius 1 is 0.685 bits per heavy atom. The number of primary sulfonamides is 1. The number of nitrogens with two attached hydrogens (primary N) is 1. The van der Waals surface area contributed by atoms with E-state index in [-0.39, 0.29) is 5.25 Å². The van der Waals surface area contributed by atoms with E-state index < -0.39 is 31.3 Å². The van der Waals surface area contributed by atoms with E-state index in [1.165, 1.54) is 57.3 Å². The van der Waals surface area contributed by atoms with Crippen LogP contribution in [-0.2, 0) is 71.4 Å². The predicted octanol–water partition coefficient (Wildman–Crippen LogP) is 4.88. The molecule has 0 saturated carbocycles. The second-order valence-corrected chi connectivity index (χ2v) is 19.8. The summed E-state index contributed by atoms with van der Waals surface area (Å²) in [7, 11) is -2.95. The van der Waals surface area contributed by atoms with Crippen LogP contribution in [0.3, 0.4) is 0 Å². The summed E-state index contributed by atoms with van der Waals surface area (Å²) < 4.78 is 55.0. The first-order chi connectivity index (χ1) is 25.8. The molecule has 4 aliphatic carbocycles. The third-order valence-corrected chi connectivity index (χ3v) is 15.4. The summed E-state index contributed by atoms with van der Waals surface area (Å²) in [6, 6.07) is 4.03. The van der Waals surface area contributed by atoms with Crippen LogP contribution >= 0.6 is 0 Å². The van der Waals surface area contributed by atoms with Gasteiger partial charge < -0.3 is 19.9 Å². The van der Waals surface area contributed by atoms with Gasteiger partial charge in [0.2, 0.25) is 20.0 Å². The molecule has 12 nitrogen and oxygen atoms in total. The zero-order chi connectivity index (χ0) is 38.5. The Labute approximate surface area is 322 Å². The molecule has 2 saturated heterocycles. The number of aryl methyl sites for hydroxylation is 4. The number of carbonyl (C=O) groups is 1. The van der Waals surface area contributed by atoms with Gasteiger partial charge in [-0.2, -0.15) is 0 Å². The molecule has 2 fully saturated rings. The zero-order valence-corrected chi connectivity index (χ0v) is 33.7. The summed E-state index contributed by atoms with van der Waals surface area (Å²) in [5.74, 6) is 0.903. The van der Waals surface area contributed by atoms with Gasteiger partial charge in [0.25, 0.3) is 6.26 Å².